The smallest absolute Gasteiger partial charge is 0.264 e. The molecule has 8 nitrogen and oxygen atoms in total. The first-order valence-corrected chi connectivity index (χ1v) is 13.0. The standard InChI is InChI=1S/C26H28ClN3O5S/c1-19(26(32)28-2)29(17-20-8-7-9-23(16-20)35-3)25(31)18-30(22-14-12-21(27)13-15-22)36(33,34)24-10-5-4-6-11-24/h4-16,19H,17-18H2,1-3H3,(H,28,32)/t19-/m0/s1. The summed E-state index contributed by atoms with van der Waals surface area (Å²) >= 11 is 6.01. The molecule has 0 unspecified atom stereocenters. The third kappa shape index (κ3) is 6.35. The van der Waals surface area contributed by atoms with E-state index in [1.165, 1.54) is 43.3 Å². The lowest BCUT2D eigenvalue weighted by atomic mass is 10.1. The second kappa shape index (κ2) is 11.9. The van der Waals surface area contributed by atoms with Crippen molar-refractivity contribution in [1.29, 1.82) is 0 Å². The van der Waals surface area contributed by atoms with Crippen molar-refractivity contribution < 1.29 is 22.7 Å². The van der Waals surface area contributed by atoms with Crippen molar-refractivity contribution in [3.63, 3.8) is 0 Å². The molecule has 0 saturated carbocycles. The molecular weight excluding hydrogens is 502 g/mol. The summed E-state index contributed by atoms with van der Waals surface area (Å²) in [6.45, 7) is 1.14. The van der Waals surface area contributed by atoms with Crippen LogP contribution in [0.2, 0.25) is 5.02 Å². The molecule has 0 radical (unpaired) electrons. The molecule has 0 bridgehead atoms. The molecule has 2 amide bonds. The van der Waals surface area contributed by atoms with Crippen LogP contribution in [0.15, 0.2) is 83.8 Å². The number of nitrogens with one attached hydrogen (secondary N) is 1. The van der Waals surface area contributed by atoms with Crippen LogP contribution in [0.1, 0.15) is 12.5 Å². The second-order valence-corrected chi connectivity index (χ2v) is 10.3. The normalized spacial score (nSPS) is 11.9. The molecule has 190 valence electrons. The van der Waals surface area contributed by atoms with E-state index in [9.17, 15) is 18.0 Å². The Morgan fingerprint density at radius 3 is 2.28 bits per heavy atom. The minimum atomic E-state index is -4.11. The van der Waals surface area contributed by atoms with E-state index in [1.54, 1.807) is 61.5 Å². The van der Waals surface area contributed by atoms with E-state index in [0.29, 0.717) is 10.8 Å². The molecule has 3 aromatic carbocycles. The zero-order valence-electron chi connectivity index (χ0n) is 20.2. The van der Waals surface area contributed by atoms with Gasteiger partial charge in [-0.25, -0.2) is 8.42 Å². The minimum absolute atomic E-state index is 0.0337. The first-order valence-electron chi connectivity index (χ1n) is 11.1. The molecule has 10 heteroatoms. The number of carbonyl (C=O) groups is 2. The van der Waals surface area contributed by atoms with Gasteiger partial charge in [0, 0.05) is 18.6 Å². The van der Waals surface area contributed by atoms with Gasteiger partial charge in [0.25, 0.3) is 10.0 Å². The molecule has 0 aliphatic heterocycles. The summed E-state index contributed by atoms with van der Waals surface area (Å²) in [5, 5.41) is 2.98. The van der Waals surface area contributed by atoms with E-state index < -0.39 is 28.5 Å². The van der Waals surface area contributed by atoms with Gasteiger partial charge in [0.05, 0.1) is 17.7 Å². The number of benzene rings is 3. The van der Waals surface area contributed by atoms with Gasteiger partial charge in [-0.2, -0.15) is 0 Å². The van der Waals surface area contributed by atoms with E-state index in [2.05, 4.69) is 5.32 Å². The van der Waals surface area contributed by atoms with Crippen LogP contribution in [0.4, 0.5) is 5.69 Å². The summed E-state index contributed by atoms with van der Waals surface area (Å²) in [6, 6.07) is 20.3. The van der Waals surface area contributed by atoms with Crippen molar-refractivity contribution in [3.05, 3.63) is 89.4 Å². The van der Waals surface area contributed by atoms with Crippen LogP contribution >= 0.6 is 11.6 Å². The molecule has 36 heavy (non-hydrogen) atoms. The van der Waals surface area contributed by atoms with Crippen LogP contribution in [0.3, 0.4) is 0 Å². The fourth-order valence-electron chi connectivity index (χ4n) is 3.61. The average Bonchev–Trinajstić information content (AvgIpc) is 2.90. The number of nitrogens with zero attached hydrogens (tertiary/aromatic N) is 2. The molecule has 0 heterocycles. The van der Waals surface area contributed by atoms with E-state index in [1.807, 2.05) is 0 Å². The van der Waals surface area contributed by atoms with Crippen LogP contribution in [-0.4, -0.2) is 51.9 Å². The number of anilines is 1. The minimum Gasteiger partial charge on any atom is -0.497 e. The van der Waals surface area contributed by atoms with Crippen LogP contribution < -0.4 is 14.4 Å². The molecule has 0 spiro atoms. The Bertz CT molecular complexity index is 1300. The highest BCUT2D eigenvalue weighted by molar-refractivity contribution is 7.92. The Labute approximate surface area is 216 Å². The lowest BCUT2D eigenvalue weighted by Gasteiger charge is -2.31. The number of amides is 2. The van der Waals surface area contributed by atoms with Crippen molar-refractivity contribution in [2.75, 3.05) is 25.0 Å². The molecule has 1 atom stereocenters. The van der Waals surface area contributed by atoms with Gasteiger partial charge in [-0.15, -0.1) is 0 Å². The Morgan fingerprint density at radius 1 is 1.00 bits per heavy atom. The third-order valence-corrected chi connectivity index (χ3v) is 7.67. The van der Waals surface area contributed by atoms with E-state index in [-0.39, 0.29) is 23.0 Å². The van der Waals surface area contributed by atoms with Gasteiger partial charge >= 0.3 is 0 Å². The fourth-order valence-corrected chi connectivity index (χ4v) is 5.18. The highest BCUT2D eigenvalue weighted by atomic mass is 35.5. The summed E-state index contributed by atoms with van der Waals surface area (Å²) in [7, 11) is -1.09. The number of likely N-dealkylation sites (N-methyl/N-ethyl adjacent to an activating group) is 1. The van der Waals surface area contributed by atoms with Crippen molar-refractivity contribution >= 4 is 39.1 Å². The molecule has 0 saturated heterocycles. The van der Waals surface area contributed by atoms with Gasteiger partial charge in [0.1, 0.15) is 18.3 Å². The molecule has 3 rings (SSSR count). The third-order valence-electron chi connectivity index (χ3n) is 5.63. The van der Waals surface area contributed by atoms with Crippen molar-refractivity contribution in [1.82, 2.24) is 10.2 Å². The van der Waals surface area contributed by atoms with Crippen molar-refractivity contribution in [2.24, 2.45) is 0 Å². The van der Waals surface area contributed by atoms with E-state index >= 15 is 0 Å². The fraction of sp³-hybridized carbons (Fsp3) is 0.231. The first-order chi connectivity index (χ1) is 17.2. The molecule has 0 fully saturated rings. The van der Waals surface area contributed by atoms with Gasteiger partial charge in [0.2, 0.25) is 11.8 Å². The summed E-state index contributed by atoms with van der Waals surface area (Å²) in [5.41, 5.74) is 0.993. The number of halogens is 1. The highest BCUT2D eigenvalue weighted by Gasteiger charge is 2.32. The number of carbonyl (C=O) groups excluding carboxylic acids is 2. The van der Waals surface area contributed by atoms with Gasteiger partial charge in [-0.1, -0.05) is 41.9 Å². The van der Waals surface area contributed by atoms with Crippen molar-refractivity contribution in [2.45, 2.75) is 24.4 Å². The van der Waals surface area contributed by atoms with Crippen LogP contribution in [-0.2, 0) is 26.2 Å². The van der Waals surface area contributed by atoms with E-state index in [4.69, 9.17) is 16.3 Å². The highest BCUT2D eigenvalue weighted by Crippen LogP contribution is 2.26. The predicted octanol–water partition coefficient (Wildman–Crippen LogP) is 3.71. The maximum Gasteiger partial charge on any atom is 0.264 e. The van der Waals surface area contributed by atoms with Crippen LogP contribution in [0.25, 0.3) is 0 Å². The average molecular weight is 530 g/mol. The number of hydrogen-bond acceptors (Lipinski definition) is 5. The maximum absolute atomic E-state index is 13.7. The summed E-state index contributed by atoms with van der Waals surface area (Å²) < 4.78 is 33.5. The number of methoxy groups -OCH3 is 1. The van der Waals surface area contributed by atoms with Crippen LogP contribution in [0.5, 0.6) is 5.75 Å². The Balaban J connectivity index is 2.01. The monoisotopic (exact) mass is 529 g/mol. The molecular formula is C26H28ClN3O5S. The Kier molecular flexibility index (Phi) is 8.95. The first kappa shape index (κ1) is 27.0. The summed E-state index contributed by atoms with van der Waals surface area (Å²) in [5.74, 6) is -0.333. The molecule has 1 N–H and O–H groups in total. The van der Waals surface area contributed by atoms with Gasteiger partial charge in [-0.3, -0.25) is 13.9 Å². The lowest BCUT2D eigenvalue weighted by molar-refractivity contribution is -0.139. The Hall–Kier alpha value is -3.56. The molecule has 0 aromatic heterocycles. The largest absolute Gasteiger partial charge is 0.497 e. The quantitative estimate of drug-likeness (QED) is 0.432. The van der Waals surface area contributed by atoms with Crippen LogP contribution in [0, 0.1) is 0 Å². The zero-order valence-corrected chi connectivity index (χ0v) is 21.8. The second-order valence-electron chi connectivity index (χ2n) is 7.96. The van der Waals surface area contributed by atoms with Crippen molar-refractivity contribution in [3.8, 4) is 5.75 Å². The molecule has 3 aromatic rings. The SMILES string of the molecule is CNC(=O)[C@H](C)N(Cc1cccc(OC)c1)C(=O)CN(c1ccc(Cl)cc1)S(=O)(=O)c1ccccc1. The van der Waals surface area contributed by atoms with Gasteiger partial charge in [-0.05, 0) is 61.0 Å². The van der Waals surface area contributed by atoms with E-state index in [0.717, 1.165) is 9.87 Å². The molecule has 0 aliphatic rings. The molecule has 0 aliphatic carbocycles. The maximum atomic E-state index is 13.7. The zero-order chi connectivity index (χ0) is 26.3. The number of ether oxygens (including phenoxy) is 1. The summed E-state index contributed by atoms with van der Waals surface area (Å²) in [4.78, 5) is 27.6. The van der Waals surface area contributed by atoms with Gasteiger partial charge in [0.15, 0.2) is 0 Å². The van der Waals surface area contributed by atoms with Gasteiger partial charge < -0.3 is 15.0 Å². The topological polar surface area (TPSA) is 96.0 Å². The lowest BCUT2D eigenvalue weighted by Crippen LogP contribution is -2.50. The number of sulfonamides is 1. The summed E-state index contributed by atoms with van der Waals surface area (Å²) in [6.07, 6.45) is 0. The predicted molar refractivity (Wildman–Crippen MR) is 139 cm³/mol. The Morgan fingerprint density at radius 2 is 1.67 bits per heavy atom. The number of rotatable bonds is 10. The number of hydrogen-bond donors (Lipinski definition) is 1.